The zero-order valence-electron chi connectivity index (χ0n) is 14.1. The molecule has 3 rings (SSSR count). The maximum atomic E-state index is 9.70. The molecule has 0 bridgehead atoms. The number of rotatable bonds is 6. The molecule has 130 valence electrons. The highest BCUT2D eigenvalue weighted by atomic mass is 16.5. The third kappa shape index (κ3) is 3.49. The van der Waals surface area contributed by atoms with E-state index in [1.807, 2.05) is 6.07 Å². The van der Waals surface area contributed by atoms with Crippen LogP contribution in [0.2, 0.25) is 0 Å². The molecule has 0 saturated heterocycles. The number of nitrogens with zero attached hydrogens (tertiary/aromatic N) is 3. The van der Waals surface area contributed by atoms with Crippen LogP contribution in [0.1, 0.15) is 30.0 Å². The number of pyridine rings is 2. The summed E-state index contributed by atoms with van der Waals surface area (Å²) in [4.78, 5) is 8.34. The zero-order chi connectivity index (χ0) is 17.8. The van der Waals surface area contributed by atoms with Gasteiger partial charge in [0.25, 0.3) is 0 Å². The summed E-state index contributed by atoms with van der Waals surface area (Å²) in [6.45, 7) is 0. The van der Waals surface area contributed by atoms with Crippen molar-refractivity contribution in [3.8, 4) is 17.8 Å². The monoisotopic (exact) mass is 340 g/mol. The number of aliphatic hydroxyl groups excluding tert-OH is 1. The van der Waals surface area contributed by atoms with E-state index in [0.29, 0.717) is 30.0 Å². The molecule has 0 radical (unpaired) electrons. The lowest BCUT2D eigenvalue weighted by atomic mass is 9.75. The van der Waals surface area contributed by atoms with Gasteiger partial charge in [0.2, 0.25) is 11.8 Å². The van der Waals surface area contributed by atoms with Crippen LogP contribution in [0.3, 0.4) is 0 Å². The first-order chi connectivity index (χ1) is 12.2. The smallest absolute Gasteiger partial charge is 0.233 e. The molecule has 2 aromatic heterocycles. The number of aliphatic hydroxyl groups is 1. The van der Waals surface area contributed by atoms with Crippen LogP contribution in [0.5, 0.6) is 11.8 Å². The van der Waals surface area contributed by atoms with Crippen LogP contribution < -0.4 is 14.8 Å². The average molecular weight is 340 g/mol. The summed E-state index contributed by atoms with van der Waals surface area (Å²) in [7, 11) is 3.06. The van der Waals surface area contributed by atoms with Gasteiger partial charge in [0.1, 0.15) is 11.6 Å². The second-order valence-corrected chi connectivity index (χ2v) is 6.00. The summed E-state index contributed by atoms with van der Waals surface area (Å²) < 4.78 is 10.3. The van der Waals surface area contributed by atoms with Gasteiger partial charge in [-0.15, -0.1) is 0 Å². The SMILES string of the molecule is COc1ccc(C(Nc2ccnc(OC)c2C#N)C2CC(O)C2)cn1. The van der Waals surface area contributed by atoms with E-state index in [9.17, 15) is 10.4 Å². The standard InChI is InChI=1S/C18H20N4O3/c1-24-16-4-3-11(10-21-16)17(12-7-13(23)8-12)22-15-5-6-20-18(25-2)14(15)9-19/h3-6,10,12-13,17,23H,7-8H2,1-2H3,(H,20,22). The summed E-state index contributed by atoms with van der Waals surface area (Å²) in [5, 5.41) is 22.6. The maximum Gasteiger partial charge on any atom is 0.233 e. The molecular weight excluding hydrogens is 320 g/mol. The zero-order valence-corrected chi connectivity index (χ0v) is 14.1. The molecule has 2 N–H and O–H groups in total. The predicted molar refractivity (Wildman–Crippen MR) is 91.4 cm³/mol. The van der Waals surface area contributed by atoms with Crippen LogP contribution in [0.4, 0.5) is 5.69 Å². The molecule has 7 nitrogen and oxygen atoms in total. The molecule has 0 spiro atoms. The number of aromatic nitrogens is 2. The minimum absolute atomic E-state index is 0.0824. The first-order valence-electron chi connectivity index (χ1n) is 8.04. The third-order valence-electron chi connectivity index (χ3n) is 4.48. The predicted octanol–water partition coefficient (Wildman–Crippen LogP) is 2.29. The number of hydrogen-bond donors (Lipinski definition) is 2. The molecule has 0 aliphatic heterocycles. The lowest BCUT2D eigenvalue weighted by Crippen LogP contribution is -2.36. The number of anilines is 1. The van der Waals surface area contributed by atoms with Gasteiger partial charge in [0.05, 0.1) is 32.1 Å². The topological polar surface area (TPSA) is 100 Å². The van der Waals surface area contributed by atoms with Crippen molar-refractivity contribution in [2.75, 3.05) is 19.5 Å². The minimum Gasteiger partial charge on any atom is -0.481 e. The summed E-state index contributed by atoms with van der Waals surface area (Å²) >= 11 is 0. The summed E-state index contributed by atoms with van der Waals surface area (Å²) in [6, 6.07) is 7.55. The van der Waals surface area contributed by atoms with Crippen molar-refractivity contribution in [3.63, 3.8) is 0 Å². The number of nitriles is 1. The largest absolute Gasteiger partial charge is 0.481 e. The van der Waals surface area contributed by atoms with Gasteiger partial charge >= 0.3 is 0 Å². The van der Waals surface area contributed by atoms with Gasteiger partial charge in [-0.2, -0.15) is 5.26 Å². The Balaban J connectivity index is 1.92. The Kier molecular flexibility index (Phi) is 5.00. The van der Waals surface area contributed by atoms with Crippen LogP contribution in [0.15, 0.2) is 30.6 Å². The molecule has 1 aliphatic rings. The van der Waals surface area contributed by atoms with Crippen LogP contribution in [0.25, 0.3) is 0 Å². The van der Waals surface area contributed by atoms with Crippen molar-refractivity contribution in [2.24, 2.45) is 5.92 Å². The quantitative estimate of drug-likeness (QED) is 0.832. The Labute approximate surface area is 146 Å². The fourth-order valence-corrected chi connectivity index (χ4v) is 3.07. The second-order valence-electron chi connectivity index (χ2n) is 6.00. The Morgan fingerprint density at radius 3 is 2.60 bits per heavy atom. The number of hydrogen-bond acceptors (Lipinski definition) is 7. The van der Waals surface area contributed by atoms with Gasteiger partial charge in [-0.05, 0) is 30.4 Å². The fourth-order valence-electron chi connectivity index (χ4n) is 3.07. The van der Waals surface area contributed by atoms with Crippen molar-refractivity contribution in [3.05, 3.63) is 41.7 Å². The highest BCUT2D eigenvalue weighted by Crippen LogP contribution is 2.41. The fraction of sp³-hybridized carbons (Fsp3) is 0.389. The van der Waals surface area contributed by atoms with Crippen molar-refractivity contribution in [1.82, 2.24) is 9.97 Å². The van der Waals surface area contributed by atoms with Crippen molar-refractivity contribution in [1.29, 1.82) is 5.26 Å². The molecule has 0 aromatic carbocycles. The van der Waals surface area contributed by atoms with E-state index in [0.717, 1.165) is 5.56 Å². The molecule has 1 saturated carbocycles. The number of ether oxygens (including phenoxy) is 2. The molecule has 0 amide bonds. The molecule has 7 heteroatoms. The number of nitrogens with one attached hydrogen (secondary N) is 1. The van der Waals surface area contributed by atoms with Crippen LogP contribution in [-0.2, 0) is 0 Å². The van der Waals surface area contributed by atoms with Gasteiger partial charge in [-0.3, -0.25) is 0 Å². The molecule has 1 unspecified atom stereocenters. The van der Waals surface area contributed by atoms with E-state index < -0.39 is 0 Å². The normalized spacial score (nSPS) is 20.1. The highest BCUT2D eigenvalue weighted by molar-refractivity contribution is 5.62. The third-order valence-corrected chi connectivity index (χ3v) is 4.48. The van der Waals surface area contributed by atoms with Crippen molar-refractivity contribution in [2.45, 2.75) is 25.0 Å². The van der Waals surface area contributed by atoms with E-state index in [2.05, 4.69) is 21.4 Å². The van der Waals surface area contributed by atoms with E-state index in [4.69, 9.17) is 9.47 Å². The van der Waals surface area contributed by atoms with E-state index in [1.165, 1.54) is 7.11 Å². The van der Waals surface area contributed by atoms with E-state index in [1.54, 1.807) is 31.6 Å². The maximum absolute atomic E-state index is 9.70. The minimum atomic E-state index is -0.275. The van der Waals surface area contributed by atoms with Gasteiger partial charge < -0.3 is 19.9 Å². The van der Waals surface area contributed by atoms with Gasteiger partial charge in [0.15, 0.2) is 0 Å². The summed E-state index contributed by atoms with van der Waals surface area (Å²) in [6.07, 6.45) is 4.48. The highest BCUT2D eigenvalue weighted by Gasteiger charge is 2.35. The summed E-state index contributed by atoms with van der Waals surface area (Å²) in [5.74, 6) is 1.07. The summed E-state index contributed by atoms with van der Waals surface area (Å²) in [5.41, 5.74) is 1.98. The van der Waals surface area contributed by atoms with Gasteiger partial charge in [0, 0.05) is 18.5 Å². The van der Waals surface area contributed by atoms with Crippen LogP contribution in [0, 0.1) is 17.2 Å². The Bertz CT molecular complexity index is 767. The molecule has 1 atom stereocenters. The van der Waals surface area contributed by atoms with Crippen molar-refractivity contribution < 1.29 is 14.6 Å². The molecule has 2 heterocycles. The van der Waals surface area contributed by atoms with E-state index >= 15 is 0 Å². The van der Waals surface area contributed by atoms with Crippen LogP contribution in [-0.4, -0.2) is 35.4 Å². The Morgan fingerprint density at radius 2 is 2.04 bits per heavy atom. The first kappa shape index (κ1) is 17.0. The molecule has 2 aromatic rings. The number of methoxy groups -OCH3 is 2. The lowest BCUT2D eigenvalue weighted by Gasteiger charge is -2.38. The first-order valence-corrected chi connectivity index (χ1v) is 8.04. The van der Waals surface area contributed by atoms with Gasteiger partial charge in [-0.25, -0.2) is 9.97 Å². The molecule has 25 heavy (non-hydrogen) atoms. The lowest BCUT2D eigenvalue weighted by molar-refractivity contribution is 0.0339. The Hall–Kier alpha value is -2.85. The van der Waals surface area contributed by atoms with Gasteiger partial charge in [-0.1, -0.05) is 6.07 Å². The molecular formula is C18H20N4O3. The average Bonchev–Trinajstić information content (AvgIpc) is 2.63. The molecule has 1 aliphatic carbocycles. The van der Waals surface area contributed by atoms with Crippen LogP contribution >= 0.6 is 0 Å². The van der Waals surface area contributed by atoms with E-state index in [-0.39, 0.29) is 23.9 Å². The molecule has 1 fully saturated rings. The van der Waals surface area contributed by atoms with Crippen molar-refractivity contribution >= 4 is 5.69 Å². The Morgan fingerprint density at radius 1 is 1.24 bits per heavy atom. The second kappa shape index (κ2) is 7.36.